The van der Waals surface area contributed by atoms with E-state index in [0.29, 0.717) is 60.9 Å². The lowest BCUT2D eigenvalue weighted by Gasteiger charge is -2.28. The average molecular weight is 752 g/mol. The highest BCUT2D eigenvalue weighted by molar-refractivity contribution is 9.10. The summed E-state index contributed by atoms with van der Waals surface area (Å²) in [7, 11) is 2.79. The van der Waals surface area contributed by atoms with Crippen molar-refractivity contribution < 1.29 is 38.4 Å². The molecule has 0 saturated heterocycles. The Hall–Kier alpha value is -4.17. The molecule has 0 aliphatic carbocycles. The number of carbonyl (C=O) groups is 2. The first-order valence-corrected chi connectivity index (χ1v) is 15.8. The van der Waals surface area contributed by atoms with Gasteiger partial charge in [0.2, 0.25) is 0 Å². The number of aliphatic hydroxyl groups is 1. The monoisotopic (exact) mass is 750 g/mol. The molecule has 15 heteroatoms. The number of halogens is 3. The van der Waals surface area contributed by atoms with Gasteiger partial charge in [-0.3, -0.25) is 5.43 Å². The Morgan fingerprint density at radius 2 is 1.81 bits per heavy atom. The van der Waals surface area contributed by atoms with Crippen molar-refractivity contribution in [3.8, 4) is 23.0 Å². The number of aliphatic hydroxyl groups excluding tert-OH is 1. The van der Waals surface area contributed by atoms with Gasteiger partial charge in [-0.25, -0.2) is 9.59 Å². The maximum atomic E-state index is 12.5. The molecule has 3 aromatic carbocycles. The van der Waals surface area contributed by atoms with Crippen LogP contribution in [0.4, 0.5) is 4.79 Å². The van der Waals surface area contributed by atoms with Crippen LogP contribution in [-0.2, 0) is 16.1 Å². The number of hydrazone groups is 1. The summed E-state index contributed by atoms with van der Waals surface area (Å²) in [6.07, 6.45) is 0.316. The minimum Gasteiger partial charge on any atom is -0.493 e. The number of allylic oxidation sites excluding steroid dienone is 1. The highest BCUT2D eigenvalue weighted by Crippen LogP contribution is 2.36. The van der Waals surface area contributed by atoms with Gasteiger partial charge < -0.3 is 39.4 Å². The molecule has 2 amide bonds. The number of methoxy groups -OCH3 is 2. The van der Waals surface area contributed by atoms with E-state index in [-0.39, 0.29) is 18.8 Å². The van der Waals surface area contributed by atoms with Crippen LogP contribution in [0.2, 0.25) is 10.0 Å². The van der Waals surface area contributed by atoms with Crippen LogP contribution in [0, 0.1) is 0 Å². The number of urea groups is 1. The van der Waals surface area contributed by atoms with Crippen LogP contribution in [-0.4, -0.2) is 57.0 Å². The summed E-state index contributed by atoms with van der Waals surface area (Å²) >= 11 is 15.6. The van der Waals surface area contributed by atoms with Gasteiger partial charge in [-0.05, 0) is 77.3 Å². The van der Waals surface area contributed by atoms with Crippen LogP contribution >= 0.6 is 39.1 Å². The molecule has 0 saturated carbocycles. The van der Waals surface area contributed by atoms with Crippen LogP contribution in [0.15, 0.2) is 69.4 Å². The first-order chi connectivity index (χ1) is 22.5. The number of hydrogen-bond acceptors (Lipinski definition) is 10. The van der Waals surface area contributed by atoms with E-state index in [1.807, 2.05) is 6.07 Å². The van der Waals surface area contributed by atoms with E-state index < -0.39 is 24.3 Å². The largest absolute Gasteiger partial charge is 0.493 e. The molecule has 1 aliphatic heterocycles. The van der Waals surface area contributed by atoms with E-state index in [2.05, 4.69) is 37.1 Å². The van der Waals surface area contributed by atoms with Gasteiger partial charge in [-0.1, -0.05) is 35.3 Å². The van der Waals surface area contributed by atoms with Crippen molar-refractivity contribution >= 4 is 57.3 Å². The maximum absolute atomic E-state index is 12.5. The first kappa shape index (κ1) is 35.7. The zero-order valence-corrected chi connectivity index (χ0v) is 29.0. The number of hydrogen-bond donors (Lipinski definition) is 4. The van der Waals surface area contributed by atoms with Gasteiger partial charge >= 0.3 is 12.0 Å². The molecule has 250 valence electrons. The molecular formula is C32H33BrCl2N4O8. The number of rotatable bonds is 14. The topological polar surface area (TPSA) is 149 Å². The van der Waals surface area contributed by atoms with Crippen LogP contribution in [0.1, 0.15) is 36.6 Å². The molecule has 2 atom stereocenters. The molecule has 47 heavy (non-hydrogen) atoms. The van der Waals surface area contributed by atoms with Crippen molar-refractivity contribution in [1.29, 1.82) is 0 Å². The first-order valence-electron chi connectivity index (χ1n) is 14.2. The third-order valence-corrected chi connectivity index (χ3v) is 8.19. The molecule has 0 spiro atoms. The van der Waals surface area contributed by atoms with Crippen molar-refractivity contribution in [3.05, 3.63) is 91.0 Å². The molecule has 4 rings (SSSR count). The van der Waals surface area contributed by atoms with E-state index in [0.717, 1.165) is 5.56 Å². The Kier molecular flexibility index (Phi) is 12.6. The van der Waals surface area contributed by atoms with Crippen molar-refractivity contribution in [3.63, 3.8) is 0 Å². The smallest absolute Gasteiger partial charge is 0.337 e. The van der Waals surface area contributed by atoms with Crippen molar-refractivity contribution in [2.45, 2.75) is 32.7 Å². The Morgan fingerprint density at radius 3 is 2.51 bits per heavy atom. The predicted molar refractivity (Wildman–Crippen MR) is 180 cm³/mol. The lowest BCUT2D eigenvalue weighted by atomic mass is 9.95. The molecule has 0 unspecified atom stereocenters. The van der Waals surface area contributed by atoms with Crippen LogP contribution in [0.3, 0.4) is 0 Å². The summed E-state index contributed by atoms with van der Waals surface area (Å²) in [6.45, 7) is 3.81. The number of esters is 1. The van der Waals surface area contributed by atoms with E-state index in [1.165, 1.54) is 20.4 Å². The fourth-order valence-electron chi connectivity index (χ4n) is 4.53. The van der Waals surface area contributed by atoms with Crippen LogP contribution in [0.25, 0.3) is 0 Å². The molecule has 1 heterocycles. The van der Waals surface area contributed by atoms with E-state index in [9.17, 15) is 14.7 Å². The summed E-state index contributed by atoms with van der Waals surface area (Å²) in [5.74, 6) is 1.08. The number of amides is 2. The standard InChI is InChI=1S/C32H33BrCl2N4O8/c1-5-45-26-11-19(30-29(31(41)44-4)17(2)37-32(42)38-30)7-9-24(26)47-16-28(40)39-36-14-20-12-25(43-3)27(13-21(20)33)46-15-18-6-8-22(34)23(35)10-18/h6-14,28,30,39-40H,5,15-16H2,1-4H3,(H2,37,38,42)/b36-14-/t28-,30-/m0/s1. The molecule has 4 N–H and O–H groups in total. The fraction of sp³-hybridized carbons (Fsp3) is 0.281. The minimum atomic E-state index is -1.19. The Bertz CT molecular complexity index is 1690. The van der Waals surface area contributed by atoms with Gasteiger partial charge in [0.05, 0.1) is 48.7 Å². The zero-order valence-electron chi connectivity index (χ0n) is 25.9. The Morgan fingerprint density at radius 1 is 1.04 bits per heavy atom. The molecule has 12 nitrogen and oxygen atoms in total. The van der Waals surface area contributed by atoms with Gasteiger partial charge in [-0.15, -0.1) is 0 Å². The second kappa shape index (κ2) is 16.6. The van der Waals surface area contributed by atoms with E-state index >= 15 is 0 Å². The quantitative estimate of drug-likeness (QED) is 0.0688. The number of carbonyl (C=O) groups excluding carboxylic acids is 2. The fourth-order valence-corrected chi connectivity index (χ4v) is 5.27. The number of ether oxygens (including phenoxy) is 5. The lowest BCUT2D eigenvalue weighted by Crippen LogP contribution is -2.45. The summed E-state index contributed by atoms with van der Waals surface area (Å²) in [5, 5.41) is 20.9. The molecule has 1 aliphatic rings. The molecule has 0 radical (unpaired) electrons. The van der Waals surface area contributed by atoms with Gasteiger partial charge in [-0.2, -0.15) is 5.10 Å². The third kappa shape index (κ3) is 9.22. The van der Waals surface area contributed by atoms with Gasteiger partial charge in [0.1, 0.15) is 13.2 Å². The summed E-state index contributed by atoms with van der Waals surface area (Å²) < 4.78 is 28.6. The number of nitrogens with zero attached hydrogens (tertiary/aromatic N) is 1. The Labute approximate surface area is 290 Å². The maximum Gasteiger partial charge on any atom is 0.337 e. The molecular weight excluding hydrogens is 719 g/mol. The Balaban J connectivity index is 1.39. The summed E-state index contributed by atoms with van der Waals surface area (Å²) in [6, 6.07) is 12.5. The number of benzene rings is 3. The van der Waals surface area contributed by atoms with Crippen molar-refractivity contribution in [2.24, 2.45) is 5.10 Å². The highest BCUT2D eigenvalue weighted by Gasteiger charge is 2.32. The lowest BCUT2D eigenvalue weighted by molar-refractivity contribution is -0.136. The van der Waals surface area contributed by atoms with Gasteiger partial charge in [0.25, 0.3) is 0 Å². The molecule has 3 aromatic rings. The second-order valence-electron chi connectivity index (χ2n) is 9.98. The van der Waals surface area contributed by atoms with Crippen LogP contribution < -0.4 is 35.0 Å². The van der Waals surface area contributed by atoms with E-state index in [1.54, 1.807) is 56.3 Å². The van der Waals surface area contributed by atoms with Gasteiger partial charge in [0.15, 0.2) is 29.2 Å². The zero-order chi connectivity index (χ0) is 34.1. The summed E-state index contributed by atoms with van der Waals surface area (Å²) in [5.41, 5.74) is 5.32. The predicted octanol–water partition coefficient (Wildman–Crippen LogP) is 5.86. The van der Waals surface area contributed by atoms with Crippen LogP contribution in [0.5, 0.6) is 23.0 Å². The third-order valence-electron chi connectivity index (χ3n) is 6.76. The van der Waals surface area contributed by atoms with Crippen molar-refractivity contribution in [2.75, 3.05) is 27.4 Å². The SMILES string of the molecule is CCOc1cc([C@@H]2NC(=O)NC(C)=C2C(=O)OC)ccc1OC[C@H](O)N/N=C\c1cc(OC)c(OCc2ccc(Cl)c(Cl)c2)cc1Br. The number of nitrogens with one attached hydrogen (secondary N) is 3. The van der Waals surface area contributed by atoms with Gasteiger partial charge in [0, 0.05) is 15.7 Å². The average Bonchev–Trinajstić information content (AvgIpc) is 3.04. The van der Waals surface area contributed by atoms with E-state index in [4.69, 9.17) is 46.9 Å². The molecule has 0 fully saturated rings. The molecule has 0 bridgehead atoms. The van der Waals surface area contributed by atoms with Crippen molar-refractivity contribution in [1.82, 2.24) is 16.1 Å². The highest BCUT2D eigenvalue weighted by atomic mass is 79.9. The molecule has 0 aromatic heterocycles. The second-order valence-corrected chi connectivity index (χ2v) is 11.6. The minimum absolute atomic E-state index is 0.181. The normalized spacial score (nSPS) is 15.1. The summed E-state index contributed by atoms with van der Waals surface area (Å²) in [4.78, 5) is 24.6.